The fraction of sp³-hybridized carbons (Fsp3) is 0.176. The molecule has 0 aliphatic carbocycles. The minimum atomic E-state index is -3.85. The van der Waals surface area contributed by atoms with Crippen molar-refractivity contribution < 1.29 is 17.9 Å². The van der Waals surface area contributed by atoms with Crippen LogP contribution in [0.3, 0.4) is 0 Å². The standard InChI is InChI=1S/C17H15ClN2O4S2/c1-11(20-26(22,23)13-8-6-12(18)7-9-13)17(21)24-10-16-19-14-4-2-3-5-15(14)25-16/h2-9,11,20H,10H2,1H3/t11-/m0/s1. The number of carbonyl (C=O) groups excluding carboxylic acids is 1. The Morgan fingerprint density at radius 3 is 2.62 bits per heavy atom. The highest BCUT2D eigenvalue weighted by molar-refractivity contribution is 7.89. The van der Waals surface area contributed by atoms with Crippen LogP contribution < -0.4 is 4.72 Å². The minimum absolute atomic E-state index is 0.00874. The van der Waals surface area contributed by atoms with E-state index in [9.17, 15) is 13.2 Å². The number of fused-ring (bicyclic) bond motifs is 1. The van der Waals surface area contributed by atoms with Crippen molar-refractivity contribution in [2.75, 3.05) is 0 Å². The van der Waals surface area contributed by atoms with E-state index in [0.717, 1.165) is 10.2 Å². The van der Waals surface area contributed by atoms with E-state index in [0.29, 0.717) is 10.0 Å². The molecule has 0 spiro atoms. The molecular weight excluding hydrogens is 396 g/mol. The average molecular weight is 411 g/mol. The number of aromatic nitrogens is 1. The topological polar surface area (TPSA) is 85.4 Å². The van der Waals surface area contributed by atoms with Crippen molar-refractivity contribution in [3.8, 4) is 0 Å². The van der Waals surface area contributed by atoms with Gasteiger partial charge in [-0.15, -0.1) is 11.3 Å². The van der Waals surface area contributed by atoms with Gasteiger partial charge in [-0.25, -0.2) is 13.4 Å². The molecule has 0 amide bonds. The van der Waals surface area contributed by atoms with Crippen LogP contribution in [0.1, 0.15) is 11.9 Å². The van der Waals surface area contributed by atoms with Crippen LogP contribution in [0, 0.1) is 0 Å². The van der Waals surface area contributed by atoms with E-state index in [2.05, 4.69) is 9.71 Å². The SMILES string of the molecule is C[C@H](NS(=O)(=O)c1ccc(Cl)cc1)C(=O)OCc1nc2ccccc2s1. The quantitative estimate of drug-likeness (QED) is 0.630. The zero-order valence-electron chi connectivity index (χ0n) is 13.7. The third-order valence-electron chi connectivity index (χ3n) is 3.49. The molecule has 0 bridgehead atoms. The van der Waals surface area contributed by atoms with Crippen LogP contribution in [0.25, 0.3) is 10.2 Å². The number of nitrogens with one attached hydrogen (secondary N) is 1. The predicted molar refractivity (Wildman–Crippen MR) is 101 cm³/mol. The van der Waals surface area contributed by atoms with E-state index >= 15 is 0 Å². The molecule has 1 N–H and O–H groups in total. The van der Waals surface area contributed by atoms with Crippen LogP contribution in [-0.2, 0) is 26.2 Å². The van der Waals surface area contributed by atoms with Gasteiger partial charge in [-0.2, -0.15) is 4.72 Å². The van der Waals surface area contributed by atoms with Crippen molar-refractivity contribution in [1.29, 1.82) is 0 Å². The number of hydrogen-bond acceptors (Lipinski definition) is 6. The second-order valence-corrected chi connectivity index (χ2v) is 8.75. The number of halogens is 1. The molecule has 9 heteroatoms. The number of hydrogen-bond donors (Lipinski definition) is 1. The molecule has 3 aromatic rings. The second-order valence-electron chi connectivity index (χ2n) is 5.48. The third kappa shape index (κ3) is 4.39. The van der Waals surface area contributed by atoms with Crippen molar-refractivity contribution >= 4 is 49.1 Å². The Kier molecular flexibility index (Phi) is 5.57. The highest BCUT2D eigenvalue weighted by Crippen LogP contribution is 2.22. The maximum Gasteiger partial charge on any atom is 0.324 e. The van der Waals surface area contributed by atoms with E-state index in [1.165, 1.54) is 42.5 Å². The minimum Gasteiger partial charge on any atom is -0.457 e. The van der Waals surface area contributed by atoms with E-state index in [1.54, 1.807) is 0 Å². The van der Waals surface area contributed by atoms with E-state index in [4.69, 9.17) is 16.3 Å². The Morgan fingerprint density at radius 2 is 1.92 bits per heavy atom. The number of rotatable bonds is 6. The molecule has 1 aromatic heterocycles. The molecule has 3 rings (SSSR count). The molecule has 0 radical (unpaired) electrons. The number of benzene rings is 2. The Balaban J connectivity index is 1.61. The van der Waals surface area contributed by atoms with Gasteiger partial charge in [-0.05, 0) is 43.3 Å². The smallest absolute Gasteiger partial charge is 0.324 e. The van der Waals surface area contributed by atoms with Crippen LogP contribution in [0.15, 0.2) is 53.4 Å². The lowest BCUT2D eigenvalue weighted by molar-refractivity contribution is -0.146. The molecular formula is C17H15ClN2O4S2. The van der Waals surface area contributed by atoms with E-state index in [1.807, 2.05) is 24.3 Å². The highest BCUT2D eigenvalue weighted by atomic mass is 35.5. The molecule has 1 heterocycles. The Bertz CT molecular complexity index is 999. The average Bonchev–Trinajstić information content (AvgIpc) is 3.02. The van der Waals surface area contributed by atoms with Crippen molar-refractivity contribution in [3.05, 3.63) is 58.6 Å². The number of ether oxygens (including phenoxy) is 1. The molecule has 0 unspecified atom stereocenters. The van der Waals surface area contributed by atoms with Gasteiger partial charge in [0.05, 0.1) is 15.1 Å². The molecule has 0 saturated carbocycles. The first-order valence-corrected chi connectivity index (χ1v) is 10.3. The van der Waals surface area contributed by atoms with E-state index < -0.39 is 22.0 Å². The third-order valence-corrected chi connectivity index (χ3v) is 6.30. The van der Waals surface area contributed by atoms with Gasteiger partial charge < -0.3 is 4.74 Å². The maximum absolute atomic E-state index is 12.3. The van der Waals surface area contributed by atoms with Crippen LogP contribution in [0.2, 0.25) is 5.02 Å². The van der Waals surface area contributed by atoms with Gasteiger partial charge in [0.15, 0.2) is 0 Å². The summed E-state index contributed by atoms with van der Waals surface area (Å²) >= 11 is 7.18. The molecule has 0 aliphatic heterocycles. The normalized spacial score (nSPS) is 12.8. The van der Waals surface area contributed by atoms with Gasteiger partial charge in [0, 0.05) is 5.02 Å². The molecule has 0 fully saturated rings. The van der Waals surface area contributed by atoms with Crippen molar-refractivity contribution in [2.24, 2.45) is 0 Å². The fourth-order valence-electron chi connectivity index (χ4n) is 2.20. The summed E-state index contributed by atoms with van der Waals surface area (Å²) in [5.41, 5.74) is 0.833. The summed E-state index contributed by atoms with van der Waals surface area (Å²) in [6.45, 7) is 1.42. The number of esters is 1. The number of sulfonamides is 1. The van der Waals surface area contributed by atoms with Crippen LogP contribution >= 0.6 is 22.9 Å². The lowest BCUT2D eigenvalue weighted by Crippen LogP contribution is -2.39. The summed E-state index contributed by atoms with van der Waals surface area (Å²) in [7, 11) is -3.85. The summed E-state index contributed by atoms with van der Waals surface area (Å²) in [5, 5.41) is 1.07. The summed E-state index contributed by atoms with van der Waals surface area (Å²) in [4.78, 5) is 16.5. The largest absolute Gasteiger partial charge is 0.457 e. The second kappa shape index (κ2) is 7.71. The molecule has 6 nitrogen and oxygen atoms in total. The lowest BCUT2D eigenvalue weighted by Gasteiger charge is -2.13. The van der Waals surface area contributed by atoms with Crippen molar-refractivity contribution in [3.63, 3.8) is 0 Å². The predicted octanol–water partition coefficient (Wildman–Crippen LogP) is 3.36. The zero-order valence-corrected chi connectivity index (χ0v) is 16.1. The van der Waals surface area contributed by atoms with Crippen LogP contribution in [-0.4, -0.2) is 25.4 Å². The number of carbonyl (C=O) groups is 1. The first kappa shape index (κ1) is 18.8. The van der Waals surface area contributed by atoms with Crippen molar-refractivity contribution in [2.45, 2.75) is 24.5 Å². The van der Waals surface area contributed by atoms with Gasteiger partial charge in [-0.1, -0.05) is 23.7 Å². The summed E-state index contributed by atoms with van der Waals surface area (Å²) in [6.07, 6.45) is 0. The van der Waals surface area contributed by atoms with Crippen LogP contribution in [0.4, 0.5) is 0 Å². The summed E-state index contributed by atoms with van der Waals surface area (Å²) in [6, 6.07) is 12.2. The molecule has 26 heavy (non-hydrogen) atoms. The first-order valence-electron chi connectivity index (χ1n) is 7.64. The van der Waals surface area contributed by atoms with Gasteiger partial charge in [0.2, 0.25) is 10.0 Å². The van der Waals surface area contributed by atoms with E-state index in [-0.39, 0.29) is 11.5 Å². The molecule has 2 aromatic carbocycles. The molecule has 136 valence electrons. The van der Waals surface area contributed by atoms with Gasteiger partial charge in [0.25, 0.3) is 0 Å². The molecule has 0 saturated heterocycles. The molecule has 0 aliphatic rings. The number of para-hydroxylation sites is 1. The highest BCUT2D eigenvalue weighted by Gasteiger charge is 2.23. The summed E-state index contributed by atoms with van der Waals surface area (Å²) < 4.78 is 33.0. The van der Waals surface area contributed by atoms with Gasteiger partial charge in [0.1, 0.15) is 17.7 Å². The Morgan fingerprint density at radius 1 is 1.23 bits per heavy atom. The Labute approximate surface area is 159 Å². The van der Waals surface area contributed by atoms with Crippen molar-refractivity contribution in [1.82, 2.24) is 9.71 Å². The summed E-state index contributed by atoms with van der Waals surface area (Å²) in [5.74, 6) is -0.679. The number of nitrogens with zero attached hydrogens (tertiary/aromatic N) is 1. The molecule has 1 atom stereocenters. The Hall–Kier alpha value is -2.00. The monoisotopic (exact) mass is 410 g/mol. The number of thiazole rings is 1. The van der Waals surface area contributed by atoms with Gasteiger partial charge in [-0.3, -0.25) is 4.79 Å². The lowest BCUT2D eigenvalue weighted by atomic mass is 10.3. The van der Waals surface area contributed by atoms with Gasteiger partial charge >= 0.3 is 5.97 Å². The maximum atomic E-state index is 12.3. The van der Waals surface area contributed by atoms with Crippen LogP contribution in [0.5, 0.6) is 0 Å². The first-order chi connectivity index (χ1) is 12.3. The zero-order chi connectivity index (χ0) is 18.7. The fourth-order valence-corrected chi connectivity index (χ4v) is 4.40.